The summed E-state index contributed by atoms with van der Waals surface area (Å²) in [4.78, 5) is 12.7. The number of hydrogen-bond donors (Lipinski definition) is 2. The van der Waals surface area contributed by atoms with Gasteiger partial charge in [0.05, 0.1) is 36.4 Å². The second kappa shape index (κ2) is 11.2. The molecule has 4 aromatic rings. The summed E-state index contributed by atoms with van der Waals surface area (Å²) in [6.07, 6.45) is -0.382. The number of benzene rings is 3. The number of halogens is 2. The molecule has 5 rings (SSSR count). The van der Waals surface area contributed by atoms with Crippen LogP contribution in [0.1, 0.15) is 10.4 Å². The van der Waals surface area contributed by atoms with Crippen LogP contribution in [0.4, 0.5) is 0 Å². The van der Waals surface area contributed by atoms with Crippen molar-refractivity contribution in [1.82, 2.24) is 9.47 Å². The third kappa shape index (κ3) is 5.71. The Balaban J connectivity index is 0.000000210. The summed E-state index contributed by atoms with van der Waals surface area (Å²) >= 11 is 11.1. The van der Waals surface area contributed by atoms with Crippen molar-refractivity contribution in [1.29, 1.82) is 0 Å². The first-order valence-electron chi connectivity index (χ1n) is 11.1. The number of carbonyl (C=O) groups is 1. The molecule has 1 unspecified atom stereocenters. The Labute approximate surface area is 207 Å². The van der Waals surface area contributed by atoms with Crippen LogP contribution in [0.25, 0.3) is 21.8 Å². The number of hydrogen-bond acceptors (Lipinski definition) is 4. The second-order valence-electron chi connectivity index (χ2n) is 8.14. The van der Waals surface area contributed by atoms with Gasteiger partial charge in [0.15, 0.2) is 0 Å². The maximum atomic E-state index is 10.6. The van der Waals surface area contributed by atoms with Gasteiger partial charge in [0.1, 0.15) is 0 Å². The van der Waals surface area contributed by atoms with Crippen molar-refractivity contribution in [3.8, 4) is 0 Å². The Morgan fingerprint density at radius 2 is 1.50 bits per heavy atom. The summed E-state index contributed by atoms with van der Waals surface area (Å²) in [6, 6.07) is 21.1. The Bertz CT molecular complexity index is 1230. The van der Waals surface area contributed by atoms with E-state index in [2.05, 4.69) is 58.0 Å². The zero-order valence-electron chi connectivity index (χ0n) is 18.5. The first-order chi connectivity index (χ1) is 16.4. The van der Waals surface area contributed by atoms with Gasteiger partial charge in [-0.15, -0.1) is 0 Å². The molecule has 2 heterocycles. The molecule has 1 aliphatic heterocycles. The van der Waals surface area contributed by atoms with Gasteiger partial charge in [-0.2, -0.15) is 0 Å². The summed E-state index contributed by atoms with van der Waals surface area (Å²) in [7, 11) is 0. The van der Waals surface area contributed by atoms with Crippen molar-refractivity contribution in [2.24, 2.45) is 0 Å². The molecule has 1 aliphatic rings. The molecule has 1 atom stereocenters. The molecular weight excluding hydrogens is 475 g/mol. The molecule has 6 nitrogen and oxygen atoms in total. The van der Waals surface area contributed by atoms with Crippen LogP contribution in [-0.4, -0.2) is 64.6 Å². The number of morpholine rings is 1. The lowest BCUT2D eigenvalue weighted by Gasteiger charge is -2.28. The molecule has 34 heavy (non-hydrogen) atoms. The minimum absolute atomic E-state index is 0.0658. The molecule has 0 radical (unpaired) electrons. The third-order valence-corrected chi connectivity index (χ3v) is 6.36. The van der Waals surface area contributed by atoms with Gasteiger partial charge in [0.25, 0.3) is 0 Å². The fourth-order valence-electron chi connectivity index (χ4n) is 4.21. The molecule has 1 fully saturated rings. The number of aromatic carboxylic acids is 1. The van der Waals surface area contributed by atoms with E-state index in [1.165, 1.54) is 40.0 Å². The Morgan fingerprint density at radius 1 is 0.912 bits per heavy atom. The van der Waals surface area contributed by atoms with E-state index in [0.717, 1.165) is 26.3 Å². The zero-order valence-corrected chi connectivity index (χ0v) is 20.0. The van der Waals surface area contributed by atoms with Gasteiger partial charge >= 0.3 is 5.97 Å². The van der Waals surface area contributed by atoms with Gasteiger partial charge in [0.2, 0.25) is 0 Å². The summed E-state index contributed by atoms with van der Waals surface area (Å²) in [5.74, 6) is -1.05. The quantitative estimate of drug-likeness (QED) is 0.394. The SMILES string of the molecule is O=C(O)c1ccc(Cl)cc1Cl.OC(CN1CCOCC1)Cn1c2ccccc2c2ccccc21. The predicted octanol–water partition coefficient (Wildman–Crippen LogP) is 5.18. The van der Waals surface area contributed by atoms with Gasteiger partial charge in [0, 0.05) is 46.5 Å². The van der Waals surface area contributed by atoms with Gasteiger partial charge in [-0.1, -0.05) is 59.6 Å². The smallest absolute Gasteiger partial charge is 0.337 e. The van der Waals surface area contributed by atoms with E-state index in [0.29, 0.717) is 18.1 Å². The van der Waals surface area contributed by atoms with Gasteiger partial charge in [-0.05, 0) is 30.3 Å². The maximum Gasteiger partial charge on any atom is 0.337 e. The van der Waals surface area contributed by atoms with Crippen LogP contribution < -0.4 is 0 Å². The Kier molecular flexibility index (Phi) is 8.08. The highest BCUT2D eigenvalue weighted by Gasteiger charge is 2.17. The summed E-state index contributed by atoms with van der Waals surface area (Å²) in [6.45, 7) is 4.66. The molecule has 0 bridgehead atoms. The molecule has 0 aliphatic carbocycles. The zero-order chi connectivity index (χ0) is 24.1. The lowest BCUT2D eigenvalue weighted by Crippen LogP contribution is -2.42. The number of rotatable bonds is 5. The number of ether oxygens (including phenoxy) is 1. The topological polar surface area (TPSA) is 74.9 Å². The molecule has 0 saturated carbocycles. The molecule has 0 spiro atoms. The molecule has 3 aromatic carbocycles. The standard InChI is InChI=1S/C19H22N2O2.C7H4Cl2O2/c22-15(13-20-9-11-23-12-10-20)14-21-18-7-3-1-5-16(18)17-6-2-4-8-19(17)21;8-4-1-2-5(7(10)11)6(9)3-4/h1-8,15,22H,9-14H2;1-3H,(H,10,11). The monoisotopic (exact) mass is 500 g/mol. The maximum absolute atomic E-state index is 10.6. The molecule has 178 valence electrons. The van der Waals surface area contributed by atoms with Crippen LogP contribution in [0.15, 0.2) is 66.7 Å². The first kappa shape index (κ1) is 24.5. The largest absolute Gasteiger partial charge is 0.478 e. The summed E-state index contributed by atoms with van der Waals surface area (Å²) in [5.41, 5.74) is 2.44. The van der Waals surface area contributed by atoms with E-state index in [4.69, 9.17) is 33.0 Å². The van der Waals surface area contributed by atoms with E-state index < -0.39 is 5.97 Å². The van der Waals surface area contributed by atoms with E-state index >= 15 is 0 Å². The van der Waals surface area contributed by atoms with Crippen molar-refractivity contribution < 1.29 is 19.7 Å². The number of aromatic nitrogens is 1. The van der Waals surface area contributed by atoms with Crippen LogP contribution in [0.3, 0.4) is 0 Å². The number of fused-ring (bicyclic) bond motifs is 3. The number of β-amino-alcohol motifs (C(OH)–C–C–N with tert-alkyl or cyclic N) is 1. The van der Waals surface area contributed by atoms with Crippen molar-refractivity contribution in [2.45, 2.75) is 12.6 Å². The van der Waals surface area contributed by atoms with Crippen LogP contribution in [0.5, 0.6) is 0 Å². The van der Waals surface area contributed by atoms with Gasteiger partial charge in [-0.25, -0.2) is 4.79 Å². The van der Waals surface area contributed by atoms with Crippen molar-refractivity contribution >= 4 is 51.0 Å². The van der Waals surface area contributed by atoms with E-state index in [9.17, 15) is 9.90 Å². The normalized spacial score (nSPS) is 15.1. The molecule has 2 N–H and O–H groups in total. The molecular formula is C26H26Cl2N2O4. The number of para-hydroxylation sites is 2. The lowest BCUT2D eigenvalue weighted by atomic mass is 10.2. The highest BCUT2D eigenvalue weighted by molar-refractivity contribution is 6.36. The predicted molar refractivity (Wildman–Crippen MR) is 136 cm³/mol. The van der Waals surface area contributed by atoms with Crippen LogP contribution in [-0.2, 0) is 11.3 Å². The highest BCUT2D eigenvalue weighted by atomic mass is 35.5. The van der Waals surface area contributed by atoms with E-state index in [1.54, 1.807) is 0 Å². The van der Waals surface area contributed by atoms with Gasteiger partial charge in [-0.3, -0.25) is 4.90 Å². The van der Waals surface area contributed by atoms with E-state index in [-0.39, 0.29) is 16.7 Å². The number of carboxylic acid groups (broad SMARTS) is 1. The van der Waals surface area contributed by atoms with Crippen molar-refractivity contribution in [3.63, 3.8) is 0 Å². The van der Waals surface area contributed by atoms with Crippen LogP contribution in [0.2, 0.25) is 10.0 Å². The fraction of sp³-hybridized carbons (Fsp3) is 0.269. The van der Waals surface area contributed by atoms with Gasteiger partial charge < -0.3 is 19.5 Å². The number of aliphatic hydroxyl groups is 1. The average molecular weight is 501 g/mol. The molecule has 1 aromatic heterocycles. The minimum atomic E-state index is -1.05. The Morgan fingerprint density at radius 3 is 2.06 bits per heavy atom. The number of nitrogens with zero attached hydrogens (tertiary/aromatic N) is 2. The molecule has 1 saturated heterocycles. The van der Waals surface area contributed by atoms with Crippen molar-refractivity contribution in [3.05, 3.63) is 82.3 Å². The number of carboxylic acids is 1. The Hall–Kier alpha value is -2.61. The third-order valence-electron chi connectivity index (χ3n) is 5.81. The fourth-order valence-corrected chi connectivity index (χ4v) is 4.70. The lowest BCUT2D eigenvalue weighted by molar-refractivity contribution is 0.0119. The van der Waals surface area contributed by atoms with Crippen molar-refractivity contribution in [2.75, 3.05) is 32.8 Å². The molecule has 0 amide bonds. The minimum Gasteiger partial charge on any atom is -0.478 e. The van der Waals surface area contributed by atoms with Crippen LogP contribution >= 0.6 is 23.2 Å². The number of aliphatic hydroxyl groups excluding tert-OH is 1. The average Bonchev–Trinajstić information content (AvgIpc) is 3.14. The summed E-state index contributed by atoms with van der Waals surface area (Å²) in [5, 5.41) is 22.2. The van der Waals surface area contributed by atoms with Crippen LogP contribution in [0, 0.1) is 0 Å². The second-order valence-corrected chi connectivity index (χ2v) is 8.98. The first-order valence-corrected chi connectivity index (χ1v) is 11.8. The molecule has 8 heteroatoms. The highest BCUT2D eigenvalue weighted by Crippen LogP contribution is 2.29. The summed E-state index contributed by atoms with van der Waals surface area (Å²) < 4.78 is 7.62. The van der Waals surface area contributed by atoms with E-state index in [1.807, 2.05) is 0 Å².